The Kier molecular flexibility index (Phi) is 7.76. The Balaban J connectivity index is 1.60. The van der Waals surface area contributed by atoms with E-state index in [0.29, 0.717) is 30.3 Å². The zero-order valence-corrected chi connectivity index (χ0v) is 15.5. The highest BCUT2D eigenvalue weighted by Gasteiger charge is 2.12. The first-order valence-electron chi connectivity index (χ1n) is 7.85. The van der Waals surface area contributed by atoms with Gasteiger partial charge >= 0.3 is 5.97 Å². The second-order valence-electron chi connectivity index (χ2n) is 5.36. The molecule has 25 heavy (non-hydrogen) atoms. The van der Waals surface area contributed by atoms with Crippen molar-refractivity contribution >= 4 is 34.8 Å². The van der Waals surface area contributed by atoms with Gasteiger partial charge in [0.2, 0.25) is 0 Å². The summed E-state index contributed by atoms with van der Waals surface area (Å²) >= 11 is 7.40. The third kappa shape index (κ3) is 7.15. The number of benzene rings is 1. The Morgan fingerprint density at radius 2 is 1.96 bits per heavy atom. The molecule has 0 spiro atoms. The van der Waals surface area contributed by atoms with E-state index < -0.39 is 0 Å². The maximum atomic E-state index is 11.9. The molecule has 2 aromatic rings. The predicted octanol–water partition coefficient (Wildman–Crippen LogP) is 3.41. The summed E-state index contributed by atoms with van der Waals surface area (Å²) < 4.78 is 10.5. The van der Waals surface area contributed by atoms with Crippen LogP contribution in [0.25, 0.3) is 0 Å². The van der Waals surface area contributed by atoms with Crippen molar-refractivity contribution in [2.45, 2.75) is 12.8 Å². The second kappa shape index (κ2) is 10.1. The third-order valence-electron chi connectivity index (χ3n) is 3.45. The Hall–Kier alpha value is -2.05. The van der Waals surface area contributed by atoms with Gasteiger partial charge < -0.3 is 14.4 Å². The van der Waals surface area contributed by atoms with Gasteiger partial charge in [0.25, 0.3) is 5.91 Å². The molecule has 0 saturated heterocycles. The molecular weight excluding hydrogens is 362 g/mol. The van der Waals surface area contributed by atoms with Crippen LogP contribution in [0.1, 0.15) is 11.3 Å². The Morgan fingerprint density at radius 3 is 2.64 bits per heavy atom. The molecule has 1 heterocycles. The average Bonchev–Trinajstić information content (AvgIpc) is 3.13. The van der Waals surface area contributed by atoms with Gasteiger partial charge in [-0.15, -0.1) is 11.3 Å². The first kappa shape index (κ1) is 19.3. The number of amides is 1. The highest BCUT2D eigenvalue weighted by atomic mass is 35.5. The standard InChI is InChI=1S/C18H20ClNO4S/c1-20(10-11-23-15-6-4-14(19)5-7-15)17(21)13-24-18(22)9-8-16-3-2-12-25-16/h2-7,12H,8-11,13H2,1H3. The number of carbonyl (C=O) groups is 2. The molecule has 0 aliphatic carbocycles. The number of halogens is 1. The van der Waals surface area contributed by atoms with Crippen molar-refractivity contribution in [3.05, 3.63) is 51.7 Å². The molecule has 0 saturated carbocycles. The summed E-state index contributed by atoms with van der Waals surface area (Å²) in [5.74, 6) is 0.0574. The molecule has 1 aromatic carbocycles. The van der Waals surface area contributed by atoms with Gasteiger partial charge in [-0.25, -0.2) is 0 Å². The van der Waals surface area contributed by atoms with Crippen LogP contribution in [-0.2, 0) is 20.7 Å². The zero-order chi connectivity index (χ0) is 18.1. The molecule has 0 unspecified atom stereocenters. The zero-order valence-electron chi connectivity index (χ0n) is 13.9. The lowest BCUT2D eigenvalue weighted by atomic mass is 10.3. The average molecular weight is 382 g/mol. The predicted molar refractivity (Wildman–Crippen MR) is 98.2 cm³/mol. The Labute approximate surface area is 156 Å². The van der Waals surface area contributed by atoms with Gasteiger partial charge in [-0.3, -0.25) is 9.59 Å². The molecule has 0 atom stereocenters. The van der Waals surface area contributed by atoms with Crippen LogP contribution >= 0.6 is 22.9 Å². The molecule has 0 fully saturated rings. The van der Waals surface area contributed by atoms with Crippen LogP contribution in [0.4, 0.5) is 0 Å². The number of hydrogen-bond acceptors (Lipinski definition) is 5. The number of ether oxygens (including phenoxy) is 2. The van der Waals surface area contributed by atoms with E-state index in [1.165, 1.54) is 4.90 Å². The highest BCUT2D eigenvalue weighted by Crippen LogP contribution is 2.15. The van der Waals surface area contributed by atoms with Crippen LogP contribution in [0.5, 0.6) is 5.75 Å². The number of nitrogens with zero attached hydrogens (tertiary/aromatic N) is 1. The van der Waals surface area contributed by atoms with E-state index in [0.717, 1.165) is 4.88 Å². The van der Waals surface area contributed by atoms with Crippen LogP contribution in [-0.4, -0.2) is 43.6 Å². The maximum absolute atomic E-state index is 11.9. The minimum Gasteiger partial charge on any atom is -0.492 e. The van der Waals surface area contributed by atoms with Crippen molar-refractivity contribution in [3.8, 4) is 5.75 Å². The molecule has 0 bridgehead atoms. The fourth-order valence-electron chi connectivity index (χ4n) is 1.96. The van der Waals surface area contributed by atoms with Gasteiger partial charge in [-0.05, 0) is 42.1 Å². The van der Waals surface area contributed by atoms with E-state index in [2.05, 4.69) is 0 Å². The number of likely N-dealkylation sites (N-methyl/N-ethyl adjacent to an activating group) is 1. The molecule has 2 rings (SSSR count). The van der Waals surface area contributed by atoms with Crippen molar-refractivity contribution in [2.75, 3.05) is 26.8 Å². The highest BCUT2D eigenvalue weighted by molar-refractivity contribution is 7.09. The SMILES string of the molecule is CN(CCOc1ccc(Cl)cc1)C(=O)COC(=O)CCc1cccs1. The number of thiophene rings is 1. The quantitative estimate of drug-likeness (QED) is 0.624. The minimum absolute atomic E-state index is 0.249. The van der Waals surface area contributed by atoms with Gasteiger partial charge in [-0.2, -0.15) is 0 Å². The molecule has 0 aliphatic rings. The molecule has 0 aliphatic heterocycles. The summed E-state index contributed by atoms with van der Waals surface area (Å²) in [6.07, 6.45) is 0.909. The lowest BCUT2D eigenvalue weighted by Gasteiger charge is -2.17. The first-order valence-corrected chi connectivity index (χ1v) is 9.10. The normalized spacial score (nSPS) is 10.3. The number of hydrogen-bond donors (Lipinski definition) is 0. The molecular formula is C18H20ClNO4S. The summed E-state index contributed by atoms with van der Waals surface area (Å²) in [7, 11) is 1.65. The van der Waals surface area contributed by atoms with E-state index in [4.69, 9.17) is 21.1 Å². The van der Waals surface area contributed by atoms with Crippen LogP contribution in [0, 0.1) is 0 Å². The van der Waals surface area contributed by atoms with E-state index in [9.17, 15) is 9.59 Å². The van der Waals surface area contributed by atoms with E-state index in [-0.39, 0.29) is 24.9 Å². The molecule has 5 nitrogen and oxygen atoms in total. The molecule has 0 radical (unpaired) electrons. The smallest absolute Gasteiger partial charge is 0.306 e. The largest absolute Gasteiger partial charge is 0.492 e. The summed E-state index contributed by atoms with van der Waals surface area (Å²) in [6.45, 7) is 0.491. The van der Waals surface area contributed by atoms with Gasteiger partial charge in [0.1, 0.15) is 12.4 Å². The van der Waals surface area contributed by atoms with E-state index in [1.54, 1.807) is 42.6 Å². The van der Waals surface area contributed by atoms with Gasteiger partial charge in [-0.1, -0.05) is 17.7 Å². The summed E-state index contributed by atoms with van der Waals surface area (Å²) in [4.78, 5) is 26.2. The minimum atomic E-state index is -0.368. The summed E-state index contributed by atoms with van der Waals surface area (Å²) in [5.41, 5.74) is 0. The van der Waals surface area contributed by atoms with Crippen LogP contribution < -0.4 is 4.74 Å². The van der Waals surface area contributed by atoms with Crippen molar-refractivity contribution < 1.29 is 19.1 Å². The summed E-state index contributed by atoms with van der Waals surface area (Å²) in [5, 5.41) is 2.60. The Morgan fingerprint density at radius 1 is 1.20 bits per heavy atom. The van der Waals surface area contributed by atoms with Crippen LogP contribution in [0.3, 0.4) is 0 Å². The molecule has 7 heteroatoms. The number of carbonyl (C=O) groups excluding carboxylic acids is 2. The summed E-state index contributed by atoms with van der Waals surface area (Å²) in [6, 6.07) is 10.9. The van der Waals surface area contributed by atoms with Crippen molar-refractivity contribution in [1.29, 1.82) is 0 Å². The Bertz CT molecular complexity index is 673. The lowest BCUT2D eigenvalue weighted by molar-refractivity contribution is -0.151. The number of esters is 1. The fourth-order valence-corrected chi connectivity index (χ4v) is 2.80. The van der Waals surface area contributed by atoms with E-state index >= 15 is 0 Å². The first-order chi connectivity index (χ1) is 12.0. The molecule has 0 N–H and O–H groups in total. The van der Waals surface area contributed by atoms with Gasteiger partial charge in [0, 0.05) is 16.9 Å². The van der Waals surface area contributed by atoms with Crippen molar-refractivity contribution in [2.24, 2.45) is 0 Å². The second-order valence-corrected chi connectivity index (χ2v) is 6.83. The van der Waals surface area contributed by atoms with Crippen LogP contribution in [0.2, 0.25) is 5.02 Å². The molecule has 134 valence electrons. The van der Waals surface area contributed by atoms with Gasteiger partial charge in [0.15, 0.2) is 6.61 Å². The van der Waals surface area contributed by atoms with Gasteiger partial charge in [0.05, 0.1) is 13.0 Å². The van der Waals surface area contributed by atoms with Crippen molar-refractivity contribution in [3.63, 3.8) is 0 Å². The third-order valence-corrected chi connectivity index (χ3v) is 4.64. The monoisotopic (exact) mass is 381 g/mol. The number of rotatable bonds is 9. The topological polar surface area (TPSA) is 55.8 Å². The van der Waals surface area contributed by atoms with E-state index in [1.807, 2.05) is 17.5 Å². The maximum Gasteiger partial charge on any atom is 0.306 e. The van der Waals surface area contributed by atoms with Crippen molar-refractivity contribution in [1.82, 2.24) is 4.90 Å². The number of aryl methyl sites for hydroxylation is 1. The molecule has 1 aromatic heterocycles. The molecule has 1 amide bonds. The van der Waals surface area contributed by atoms with Crippen LogP contribution in [0.15, 0.2) is 41.8 Å². The fraction of sp³-hybridized carbons (Fsp3) is 0.333. The lowest BCUT2D eigenvalue weighted by Crippen LogP contribution is -2.34.